The van der Waals surface area contributed by atoms with Gasteiger partial charge in [-0.05, 0) is 42.8 Å². The molecule has 146 valence electrons. The summed E-state index contributed by atoms with van der Waals surface area (Å²) in [7, 11) is 2.98. The van der Waals surface area contributed by atoms with Gasteiger partial charge in [-0.15, -0.1) is 0 Å². The van der Waals surface area contributed by atoms with E-state index in [-0.39, 0.29) is 16.9 Å². The molecule has 0 saturated heterocycles. The van der Waals surface area contributed by atoms with Crippen LogP contribution in [-0.4, -0.2) is 31.9 Å². The van der Waals surface area contributed by atoms with E-state index in [1.807, 2.05) is 0 Å². The smallest absolute Gasteiger partial charge is 0.341 e. The largest absolute Gasteiger partial charge is 0.493 e. The highest BCUT2D eigenvalue weighted by atomic mass is 35.5. The number of aryl methyl sites for hydroxylation is 1. The van der Waals surface area contributed by atoms with Crippen LogP contribution in [0.5, 0.6) is 17.2 Å². The second kappa shape index (κ2) is 7.82. The van der Waals surface area contributed by atoms with Crippen molar-refractivity contribution in [3.8, 4) is 28.6 Å². The Hall–Kier alpha value is -3.19. The molecule has 1 N–H and O–H groups in total. The van der Waals surface area contributed by atoms with Crippen LogP contribution in [0.4, 0.5) is 0 Å². The number of benzene rings is 2. The van der Waals surface area contributed by atoms with Gasteiger partial charge in [0, 0.05) is 10.6 Å². The number of methoxy groups -OCH3 is 2. The van der Waals surface area contributed by atoms with E-state index in [0.29, 0.717) is 27.7 Å². The summed E-state index contributed by atoms with van der Waals surface area (Å²) in [6, 6.07) is 8.03. The molecule has 0 amide bonds. The van der Waals surface area contributed by atoms with Gasteiger partial charge < -0.3 is 23.7 Å². The first kappa shape index (κ1) is 19.6. The van der Waals surface area contributed by atoms with Crippen molar-refractivity contribution >= 4 is 28.5 Å². The van der Waals surface area contributed by atoms with E-state index in [2.05, 4.69) is 0 Å². The third-order valence-electron chi connectivity index (χ3n) is 4.12. The molecule has 0 spiro atoms. The second-order valence-electron chi connectivity index (χ2n) is 5.94. The number of aliphatic carboxylic acids is 1. The van der Waals surface area contributed by atoms with E-state index < -0.39 is 18.0 Å². The van der Waals surface area contributed by atoms with Gasteiger partial charge >= 0.3 is 5.97 Å². The second-order valence-corrected chi connectivity index (χ2v) is 6.35. The summed E-state index contributed by atoms with van der Waals surface area (Å²) in [6.07, 6.45) is 0. The lowest BCUT2D eigenvalue weighted by Gasteiger charge is -2.13. The zero-order chi connectivity index (χ0) is 20.4. The van der Waals surface area contributed by atoms with Crippen molar-refractivity contribution in [1.29, 1.82) is 0 Å². The summed E-state index contributed by atoms with van der Waals surface area (Å²) < 4.78 is 21.7. The highest BCUT2D eigenvalue weighted by Crippen LogP contribution is 2.37. The molecule has 1 heterocycles. The lowest BCUT2D eigenvalue weighted by molar-refractivity contribution is -0.139. The molecule has 2 aromatic carbocycles. The van der Waals surface area contributed by atoms with Crippen LogP contribution in [-0.2, 0) is 4.79 Å². The predicted octanol–water partition coefficient (Wildman–Crippen LogP) is 3.90. The maximum atomic E-state index is 13.0. The topological polar surface area (TPSA) is 95.2 Å². The summed E-state index contributed by atoms with van der Waals surface area (Å²) in [6.45, 7) is 1.09. The molecule has 28 heavy (non-hydrogen) atoms. The van der Waals surface area contributed by atoms with E-state index in [1.165, 1.54) is 20.3 Å². The van der Waals surface area contributed by atoms with E-state index >= 15 is 0 Å². The molecule has 0 aliphatic rings. The van der Waals surface area contributed by atoms with Gasteiger partial charge in [-0.2, -0.15) is 0 Å². The van der Waals surface area contributed by atoms with Gasteiger partial charge in [0.15, 0.2) is 23.9 Å². The van der Waals surface area contributed by atoms with Crippen LogP contribution in [0.15, 0.2) is 39.5 Å². The Balaban J connectivity index is 2.30. The van der Waals surface area contributed by atoms with Crippen LogP contribution in [0.1, 0.15) is 5.56 Å². The Labute approximate surface area is 165 Å². The summed E-state index contributed by atoms with van der Waals surface area (Å²) in [4.78, 5) is 23.9. The van der Waals surface area contributed by atoms with Crippen molar-refractivity contribution in [2.24, 2.45) is 0 Å². The highest BCUT2D eigenvalue weighted by molar-refractivity contribution is 6.32. The zero-order valence-electron chi connectivity index (χ0n) is 15.4. The first-order valence-corrected chi connectivity index (χ1v) is 8.57. The minimum Gasteiger partial charge on any atom is -0.493 e. The third kappa shape index (κ3) is 3.61. The molecule has 3 rings (SSSR count). The number of ether oxygens (including phenoxy) is 3. The Bertz CT molecular complexity index is 1120. The Morgan fingerprint density at radius 3 is 2.50 bits per heavy atom. The molecule has 0 radical (unpaired) electrons. The first-order valence-electron chi connectivity index (χ1n) is 8.19. The van der Waals surface area contributed by atoms with E-state index in [0.717, 1.165) is 5.56 Å². The Morgan fingerprint density at radius 1 is 1.14 bits per heavy atom. The average Bonchev–Trinajstić information content (AvgIpc) is 2.68. The molecule has 0 unspecified atom stereocenters. The zero-order valence-corrected chi connectivity index (χ0v) is 16.1. The molecule has 3 aromatic rings. The van der Waals surface area contributed by atoms with Crippen LogP contribution in [0.3, 0.4) is 0 Å². The van der Waals surface area contributed by atoms with Crippen LogP contribution in [0.2, 0.25) is 5.02 Å². The minimum atomic E-state index is -1.22. The van der Waals surface area contributed by atoms with Gasteiger partial charge in [0.1, 0.15) is 5.58 Å². The number of carboxylic acid groups (broad SMARTS) is 1. The number of carbonyl (C=O) groups is 1. The van der Waals surface area contributed by atoms with Crippen LogP contribution >= 0.6 is 11.6 Å². The number of fused-ring (bicyclic) bond motifs is 1. The normalized spacial score (nSPS) is 10.7. The fourth-order valence-corrected chi connectivity index (χ4v) is 2.89. The van der Waals surface area contributed by atoms with Crippen molar-refractivity contribution in [3.63, 3.8) is 0 Å². The average molecular weight is 405 g/mol. The SMILES string of the molecule is COc1ccc(-c2oc3cc(C)c(Cl)cc3c(=O)c2OCC(=O)O)cc1OC. The standard InChI is InChI=1S/C20H17ClO7/c1-10-6-15-12(8-13(10)21)18(24)20(27-9-17(22)23)19(28-15)11-4-5-14(25-2)16(7-11)26-3/h4-8H,9H2,1-3H3,(H,22,23). The molecule has 1 aromatic heterocycles. The number of hydrogen-bond acceptors (Lipinski definition) is 6. The Morgan fingerprint density at radius 2 is 1.86 bits per heavy atom. The summed E-state index contributed by atoms with van der Waals surface area (Å²) in [5.74, 6) is -0.451. The first-order chi connectivity index (χ1) is 13.3. The molecule has 7 nitrogen and oxygen atoms in total. The van der Waals surface area contributed by atoms with Crippen molar-refractivity contribution in [2.45, 2.75) is 6.92 Å². The number of carboxylic acids is 1. The van der Waals surface area contributed by atoms with E-state index in [9.17, 15) is 9.59 Å². The van der Waals surface area contributed by atoms with E-state index in [1.54, 1.807) is 31.2 Å². The highest BCUT2D eigenvalue weighted by Gasteiger charge is 2.21. The predicted molar refractivity (Wildman–Crippen MR) is 104 cm³/mol. The van der Waals surface area contributed by atoms with Crippen molar-refractivity contribution in [1.82, 2.24) is 0 Å². The fourth-order valence-electron chi connectivity index (χ4n) is 2.73. The van der Waals surface area contributed by atoms with Crippen molar-refractivity contribution in [2.75, 3.05) is 20.8 Å². The molecule has 0 aliphatic carbocycles. The maximum absolute atomic E-state index is 13.0. The molecule has 0 atom stereocenters. The number of halogens is 1. The molecule has 0 fully saturated rings. The lowest BCUT2D eigenvalue weighted by Crippen LogP contribution is -2.16. The van der Waals surface area contributed by atoms with Crippen LogP contribution < -0.4 is 19.6 Å². The van der Waals surface area contributed by atoms with Gasteiger partial charge in [0.2, 0.25) is 11.2 Å². The van der Waals surface area contributed by atoms with Gasteiger partial charge in [0.25, 0.3) is 0 Å². The van der Waals surface area contributed by atoms with Crippen LogP contribution in [0.25, 0.3) is 22.3 Å². The molecular formula is C20H17ClO7. The fraction of sp³-hybridized carbons (Fsp3) is 0.200. The quantitative estimate of drug-likeness (QED) is 0.665. The molecular weight excluding hydrogens is 388 g/mol. The number of rotatable bonds is 6. The van der Waals surface area contributed by atoms with E-state index in [4.69, 9.17) is 35.3 Å². The monoisotopic (exact) mass is 404 g/mol. The van der Waals surface area contributed by atoms with Gasteiger partial charge in [-0.25, -0.2) is 4.79 Å². The van der Waals surface area contributed by atoms with Gasteiger partial charge in [-0.3, -0.25) is 4.79 Å². The lowest BCUT2D eigenvalue weighted by atomic mass is 10.1. The third-order valence-corrected chi connectivity index (χ3v) is 4.52. The molecule has 0 aliphatic heterocycles. The Kier molecular flexibility index (Phi) is 5.46. The van der Waals surface area contributed by atoms with Crippen LogP contribution in [0, 0.1) is 6.92 Å². The molecule has 0 saturated carbocycles. The van der Waals surface area contributed by atoms with Crippen molar-refractivity contribution in [3.05, 3.63) is 51.1 Å². The van der Waals surface area contributed by atoms with Crippen molar-refractivity contribution < 1.29 is 28.5 Å². The summed E-state index contributed by atoms with van der Waals surface area (Å²) >= 11 is 6.12. The summed E-state index contributed by atoms with van der Waals surface area (Å²) in [5.41, 5.74) is 0.980. The van der Waals surface area contributed by atoms with Gasteiger partial charge in [0.05, 0.1) is 19.6 Å². The van der Waals surface area contributed by atoms with Gasteiger partial charge in [-0.1, -0.05) is 11.6 Å². The summed E-state index contributed by atoms with van der Waals surface area (Å²) in [5, 5.41) is 9.54. The number of hydrogen-bond donors (Lipinski definition) is 1. The molecule has 8 heteroatoms. The minimum absolute atomic E-state index is 0.0847. The molecule has 0 bridgehead atoms. The maximum Gasteiger partial charge on any atom is 0.341 e.